The average molecular weight is 339 g/mol. The lowest BCUT2D eigenvalue weighted by Crippen LogP contribution is -1.99. The van der Waals surface area contributed by atoms with Crippen LogP contribution in [0.5, 0.6) is 0 Å². The van der Waals surface area contributed by atoms with Crippen molar-refractivity contribution in [2.45, 2.75) is 0 Å². The van der Waals surface area contributed by atoms with Crippen LogP contribution in [-0.4, -0.2) is 9.55 Å². The fraction of sp³-hybridized carbons (Fsp3) is 0. The number of nitriles is 1. The summed E-state index contributed by atoms with van der Waals surface area (Å²) in [5.74, 6) is 0.747. The first-order chi connectivity index (χ1) is 10.2. The fourth-order valence-electron chi connectivity index (χ4n) is 2.19. The number of nitrogen functional groups attached to an aromatic ring is 1. The van der Waals surface area contributed by atoms with Gasteiger partial charge in [0.2, 0.25) is 0 Å². The minimum absolute atomic E-state index is 0.585. The number of imidazole rings is 1. The van der Waals surface area contributed by atoms with E-state index in [1.54, 1.807) is 12.3 Å². The highest BCUT2D eigenvalue weighted by Crippen LogP contribution is 2.26. The molecular weight excluding hydrogens is 328 g/mol. The van der Waals surface area contributed by atoms with Gasteiger partial charge in [0, 0.05) is 28.1 Å². The topological polar surface area (TPSA) is 67.6 Å². The first kappa shape index (κ1) is 13.4. The van der Waals surface area contributed by atoms with Crippen molar-refractivity contribution >= 4 is 21.6 Å². The van der Waals surface area contributed by atoms with Crippen molar-refractivity contribution in [3.8, 4) is 23.1 Å². The maximum atomic E-state index is 9.29. The first-order valence-corrected chi connectivity index (χ1v) is 7.07. The number of nitrogens with zero attached hydrogens (tertiary/aromatic N) is 3. The molecule has 0 spiro atoms. The highest BCUT2D eigenvalue weighted by molar-refractivity contribution is 9.10. The van der Waals surface area contributed by atoms with E-state index in [1.807, 2.05) is 47.2 Å². The van der Waals surface area contributed by atoms with E-state index in [4.69, 9.17) is 5.73 Å². The van der Waals surface area contributed by atoms with Gasteiger partial charge in [-0.25, -0.2) is 4.98 Å². The second-order valence-corrected chi connectivity index (χ2v) is 5.44. The van der Waals surface area contributed by atoms with Crippen LogP contribution in [0.4, 0.5) is 5.69 Å². The monoisotopic (exact) mass is 338 g/mol. The summed E-state index contributed by atoms with van der Waals surface area (Å²) in [4.78, 5) is 4.39. The number of hydrogen-bond donors (Lipinski definition) is 1. The maximum Gasteiger partial charge on any atom is 0.144 e. The molecule has 0 saturated heterocycles. The summed E-state index contributed by atoms with van der Waals surface area (Å²) in [6, 6.07) is 15.3. The number of benzene rings is 2. The maximum absolute atomic E-state index is 9.29. The first-order valence-electron chi connectivity index (χ1n) is 6.28. The molecule has 0 bridgehead atoms. The smallest absolute Gasteiger partial charge is 0.144 e. The van der Waals surface area contributed by atoms with E-state index in [0.29, 0.717) is 11.3 Å². The Kier molecular flexibility index (Phi) is 3.46. The lowest BCUT2D eigenvalue weighted by atomic mass is 10.1. The number of nitrogens with two attached hydrogens (primary N) is 1. The summed E-state index contributed by atoms with van der Waals surface area (Å²) >= 11 is 3.44. The molecule has 0 atom stereocenters. The molecule has 2 aromatic carbocycles. The van der Waals surface area contributed by atoms with Gasteiger partial charge in [0.25, 0.3) is 0 Å². The average Bonchev–Trinajstić information content (AvgIpc) is 2.96. The summed E-state index contributed by atoms with van der Waals surface area (Å²) in [6.45, 7) is 0. The molecule has 0 unspecified atom stereocenters. The van der Waals surface area contributed by atoms with Gasteiger partial charge in [0.05, 0.1) is 11.3 Å². The van der Waals surface area contributed by atoms with Crippen LogP contribution in [0.15, 0.2) is 59.3 Å². The van der Waals surface area contributed by atoms with E-state index in [-0.39, 0.29) is 0 Å². The minimum atomic E-state index is 0.585. The van der Waals surface area contributed by atoms with Gasteiger partial charge < -0.3 is 5.73 Å². The molecule has 0 aliphatic heterocycles. The largest absolute Gasteiger partial charge is 0.399 e. The van der Waals surface area contributed by atoms with Crippen molar-refractivity contribution in [3.05, 3.63) is 64.9 Å². The SMILES string of the molecule is N#Cc1ccc(Br)cc1-n1ccnc1-c1cccc(N)c1. The van der Waals surface area contributed by atoms with Gasteiger partial charge in [-0.3, -0.25) is 4.57 Å². The molecule has 1 heterocycles. The molecule has 0 amide bonds. The second kappa shape index (κ2) is 5.43. The molecule has 0 radical (unpaired) electrons. The van der Waals surface area contributed by atoms with Gasteiger partial charge in [0.15, 0.2) is 0 Å². The van der Waals surface area contributed by atoms with Crippen LogP contribution in [0, 0.1) is 11.3 Å². The van der Waals surface area contributed by atoms with E-state index >= 15 is 0 Å². The third-order valence-corrected chi connectivity index (χ3v) is 3.62. The van der Waals surface area contributed by atoms with E-state index in [2.05, 4.69) is 27.0 Å². The van der Waals surface area contributed by atoms with Gasteiger partial charge in [-0.15, -0.1) is 0 Å². The van der Waals surface area contributed by atoms with Gasteiger partial charge in [-0.2, -0.15) is 5.26 Å². The summed E-state index contributed by atoms with van der Waals surface area (Å²) in [5.41, 5.74) is 8.78. The normalized spacial score (nSPS) is 10.3. The molecule has 2 N–H and O–H groups in total. The molecule has 0 aliphatic carbocycles. The zero-order valence-corrected chi connectivity index (χ0v) is 12.6. The molecule has 0 saturated carbocycles. The van der Waals surface area contributed by atoms with Gasteiger partial charge in [-0.1, -0.05) is 28.1 Å². The standard InChI is InChI=1S/C16H11BrN4/c17-13-5-4-12(10-18)15(9-13)21-7-6-20-16(21)11-2-1-3-14(19)8-11/h1-9H,19H2. The predicted molar refractivity (Wildman–Crippen MR) is 85.8 cm³/mol. The van der Waals surface area contributed by atoms with Crippen LogP contribution in [0.2, 0.25) is 0 Å². The van der Waals surface area contributed by atoms with Crippen LogP contribution in [0.25, 0.3) is 17.1 Å². The number of hydrogen-bond acceptors (Lipinski definition) is 3. The van der Waals surface area contributed by atoms with Gasteiger partial charge >= 0.3 is 0 Å². The van der Waals surface area contributed by atoms with Crippen LogP contribution in [0.1, 0.15) is 5.56 Å². The van der Waals surface area contributed by atoms with Gasteiger partial charge in [0.1, 0.15) is 11.9 Å². The predicted octanol–water partition coefficient (Wildman–Crippen LogP) is 3.76. The zero-order chi connectivity index (χ0) is 14.8. The number of aromatic nitrogens is 2. The Morgan fingerprint density at radius 1 is 1.19 bits per heavy atom. The number of halogens is 1. The van der Waals surface area contributed by atoms with Crippen molar-refractivity contribution in [2.75, 3.05) is 5.73 Å². The molecule has 3 rings (SSSR count). The molecule has 102 valence electrons. The summed E-state index contributed by atoms with van der Waals surface area (Å²) in [5, 5.41) is 9.29. The Labute approximate surface area is 130 Å². The fourth-order valence-corrected chi connectivity index (χ4v) is 2.54. The van der Waals surface area contributed by atoms with E-state index < -0.39 is 0 Å². The number of rotatable bonds is 2. The molecule has 3 aromatic rings. The Bertz CT molecular complexity index is 845. The van der Waals surface area contributed by atoms with E-state index in [1.165, 1.54) is 0 Å². The van der Waals surface area contributed by atoms with Crippen LogP contribution in [-0.2, 0) is 0 Å². The van der Waals surface area contributed by atoms with Crippen molar-refractivity contribution in [3.63, 3.8) is 0 Å². The van der Waals surface area contributed by atoms with Crippen molar-refractivity contribution in [1.29, 1.82) is 5.26 Å². The highest BCUT2D eigenvalue weighted by atomic mass is 79.9. The molecule has 0 fully saturated rings. The molecular formula is C16H11BrN4. The molecule has 0 aliphatic rings. The summed E-state index contributed by atoms with van der Waals surface area (Å²) < 4.78 is 2.79. The second-order valence-electron chi connectivity index (χ2n) is 4.52. The number of anilines is 1. The van der Waals surface area contributed by atoms with Crippen LogP contribution in [0.3, 0.4) is 0 Å². The van der Waals surface area contributed by atoms with Crippen molar-refractivity contribution in [2.24, 2.45) is 0 Å². The summed E-state index contributed by atoms with van der Waals surface area (Å²) in [6.07, 6.45) is 3.54. The van der Waals surface area contributed by atoms with Crippen LogP contribution >= 0.6 is 15.9 Å². The lowest BCUT2D eigenvalue weighted by molar-refractivity contribution is 1.06. The highest BCUT2D eigenvalue weighted by Gasteiger charge is 2.11. The summed E-state index contributed by atoms with van der Waals surface area (Å²) in [7, 11) is 0. The van der Waals surface area contributed by atoms with E-state index in [9.17, 15) is 5.26 Å². The molecule has 21 heavy (non-hydrogen) atoms. The Morgan fingerprint density at radius 2 is 2.05 bits per heavy atom. The van der Waals surface area contributed by atoms with Gasteiger partial charge in [-0.05, 0) is 30.3 Å². The molecule has 4 nitrogen and oxygen atoms in total. The lowest BCUT2D eigenvalue weighted by Gasteiger charge is -2.10. The zero-order valence-electron chi connectivity index (χ0n) is 11.0. The third kappa shape index (κ3) is 2.54. The Morgan fingerprint density at radius 3 is 2.81 bits per heavy atom. The minimum Gasteiger partial charge on any atom is -0.399 e. The van der Waals surface area contributed by atoms with Crippen LogP contribution < -0.4 is 5.73 Å². The van der Waals surface area contributed by atoms with Crippen molar-refractivity contribution in [1.82, 2.24) is 9.55 Å². The Hall–Kier alpha value is -2.58. The third-order valence-electron chi connectivity index (χ3n) is 3.13. The quantitative estimate of drug-likeness (QED) is 0.723. The molecule has 5 heteroatoms. The van der Waals surface area contributed by atoms with Crippen molar-refractivity contribution < 1.29 is 0 Å². The molecule has 1 aromatic heterocycles. The Balaban J connectivity index is 2.21. The van der Waals surface area contributed by atoms with E-state index in [0.717, 1.165) is 21.5 Å².